The molecular formula is C39H32P2. The Balaban J connectivity index is 1.35. The topological polar surface area (TPSA) is 0 Å². The average molecular weight is 563 g/mol. The predicted molar refractivity (Wildman–Crippen MR) is 183 cm³/mol. The summed E-state index contributed by atoms with van der Waals surface area (Å²) in [6.07, 6.45) is 7.22. The lowest BCUT2D eigenvalue weighted by Crippen LogP contribution is -2.27. The first-order chi connectivity index (χ1) is 20.3. The summed E-state index contributed by atoms with van der Waals surface area (Å²) < 4.78 is 0. The third kappa shape index (κ3) is 5.20. The molecule has 0 radical (unpaired) electrons. The lowest BCUT2D eigenvalue weighted by atomic mass is 10.1. The highest BCUT2D eigenvalue weighted by Gasteiger charge is 2.34. The Hall–Kier alpha value is -3.82. The summed E-state index contributed by atoms with van der Waals surface area (Å²) in [6, 6.07) is 54.1. The highest BCUT2D eigenvalue weighted by Crippen LogP contribution is 2.55. The molecule has 0 saturated heterocycles. The van der Waals surface area contributed by atoms with Crippen molar-refractivity contribution in [1.82, 2.24) is 0 Å². The van der Waals surface area contributed by atoms with Crippen molar-refractivity contribution in [2.24, 2.45) is 5.92 Å². The van der Waals surface area contributed by atoms with Gasteiger partial charge < -0.3 is 0 Å². The van der Waals surface area contributed by atoms with Crippen LogP contribution in [0.2, 0.25) is 0 Å². The summed E-state index contributed by atoms with van der Waals surface area (Å²) in [5.74, 6) is 0.366. The van der Waals surface area contributed by atoms with Crippen LogP contribution in [0.5, 0.6) is 0 Å². The van der Waals surface area contributed by atoms with Gasteiger partial charge in [-0.15, -0.1) is 0 Å². The maximum atomic E-state index is 2.48. The lowest BCUT2D eigenvalue weighted by molar-refractivity contribution is 0.785. The maximum absolute atomic E-state index is 2.48. The molecule has 0 amide bonds. The molecule has 1 aliphatic rings. The third-order valence-corrected chi connectivity index (χ3v) is 13.6. The van der Waals surface area contributed by atoms with Gasteiger partial charge in [0.25, 0.3) is 0 Å². The molecule has 0 bridgehead atoms. The van der Waals surface area contributed by atoms with Gasteiger partial charge in [-0.2, -0.15) is 0 Å². The van der Waals surface area contributed by atoms with E-state index in [-0.39, 0.29) is 0 Å². The molecular weight excluding hydrogens is 530 g/mol. The molecule has 0 N–H and O–H groups in total. The fourth-order valence-corrected chi connectivity index (χ4v) is 11.8. The van der Waals surface area contributed by atoms with E-state index in [4.69, 9.17) is 0 Å². The van der Waals surface area contributed by atoms with Crippen molar-refractivity contribution in [3.05, 3.63) is 169 Å². The molecule has 6 aromatic rings. The second kappa shape index (κ2) is 11.6. The molecule has 0 heterocycles. The summed E-state index contributed by atoms with van der Waals surface area (Å²) in [4.78, 5) is 0. The normalized spacial score (nSPS) is 15.6. The molecule has 2 unspecified atom stereocenters. The van der Waals surface area contributed by atoms with Gasteiger partial charge >= 0.3 is 0 Å². The fraction of sp³-hybridized carbons (Fsp3) is 0.0769. The van der Waals surface area contributed by atoms with Crippen LogP contribution < -0.4 is 21.2 Å². The molecule has 198 valence electrons. The van der Waals surface area contributed by atoms with Crippen molar-refractivity contribution >= 4 is 58.6 Å². The van der Waals surface area contributed by atoms with E-state index in [0.717, 1.165) is 0 Å². The zero-order valence-corrected chi connectivity index (χ0v) is 24.9. The minimum atomic E-state index is -0.724. The van der Waals surface area contributed by atoms with Crippen molar-refractivity contribution in [3.8, 4) is 0 Å². The molecule has 0 spiro atoms. The van der Waals surface area contributed by atoms with Gasteiger partial charge in [0.15, 0.2) is 0 Å². The number of hydrogen-bond donors (Lipinski definition) is 0. The van der Waals surface area contributed by atoms with E-state index in [1.165, 1.54) is 42.8 Å². The van der Waals surface area contributed by atoms with Crippen LogP contribution in [0.4, 0.5) is 0 Å². The monoisotopic (exact) mass is 562 g/mol. The van der Waals surface area contributed by atoms with Crippen molar-refractivity contribution in [2.45, 2.75) is 12.6 Å². The van der Waals surface area contributed by atoms with Gasteiger partial charge in [-0.3, -0.25) is 0 Å². The van der Waals surface area contributed by atoms with Crippen LogP contribution in [0, 0.1) is 5.92 Å². The third-order valence-electron chi connectivity index (χ3n) is 8.16. The van der Waals surface area contributed by atoms with E-state index < -0.39 is 15.8 Å². The van der Waals surface area contributed by atoms with E-state index >= 15 is 0 Å². The van der Waals surface area contributed by atoms with Crippen LogP contribution in [0.15, 0.2) is 169 Å². The number of benzene rings is 6. The number of allylic oxidation sites excluding steroid dienone is 4. The maximum Gasteiger partial charge on any atom is 0.0103 e. The van der Waals surface area contributed by atoms with Crippen molar-refractivity contribution in [2.75, 3.05) is 0 Å². The predicted octanol–water partition coefficient (Wildman–Crippen LogP) is 9.02. The second-order valence-electron chi connectivity index (χ2n) is 10.7. The average Bonchev–Trinajstić information content (AvgIpc) is 3.52. The lowest BCUT2D eigenvalue weighted by Gasteiger charge is -2.34. The molecule has 7 rings (SSSR count). The molecule has 0 saturated carbocycles. The highest BCUT2D eigenvalue weighted by atomic mass is 31.1. The Bertz CT molecular complexity index is 1750. The Morgan fingerprint density at radius 1 is 0.488 bits per heavy atom. The van der Waals surface area contributed by atoms with Crippen LogP contribution in [0.1, 0.15) is 6.92 Å². The molecule has 0 aliphatic heterocycles. The summed E-state index contributed by atoms with van der Waals surface area (Å²) in [7, 11) is -1.27. The largest absolute Gasteiger partial charge is 0.0763 e. The summed E-state index contributed by atoms with van der Waals surface area (Å²) in [6.45, 7) is 2.48. The number of fused-ring (bicyclic) bond motifs is 2. The fourth-order valence-electron chi connectivity index (χ4n) is 6.15. The quantitative estimate of drug-likeness (QED) is 0.170. The first-order valence-electron chi connectivity index (χ1n) is 14.3. The Kier molecular flexibility index (Phi) is 7.37. The minimum Gasteiger partial charge on any atom is -0.0763 e. The molecule has 2 atom stereocenters. The molecule has 0 fully saturated rings. The zero-order valence-electron chi connectivity index (χ0n) is 23.1. The van der Waals surface area contributed by atoms with E-state index in [1.807, 2.05) is 0 Å². The molecule has 1 aliphatic carbocycles. The van der Waals surface area contributed by atoms with E-state index in [1.54, 1.807) is 5.31 Å². The van der Waals surface area contributed by atoms with Gasteiger partial charge in [-0.1, -0.05) is 159 Å². The smallest absolute Gasteiger partial charge is 0.0103 e. The van der Waals surface area contributed by atoms with Gasteiger partial charge in [0.2, 0.25) is 0 Å². The first kappa shape index (κ1) is 26.1. The van der Waals surface area contributed by atoms with Gasteiger partial charge in [-0.25, -0.2) is 0 Å². The Labute approximate surface area is 245 Å². The molecule has 41 heavy (non-hydrogen) atoms. The van der Waals surface area contributed by atoms with E-state index in [9.17, 15) is 0 Å². The molecule has 0 nitrogen and oxygen atoms in total. The van der Waals surface area contributed by atoms with Crippen LogP contribution in [-0.2, 0) is 0 Å². The molecule has 6 aromatic carbocycles. The first-order valence-corrected chi connectivity index (χ1v) is 17.1. The van der Waals surface area contributed by atoms with Gasteiger partial charge in [0, 0.05) is 5.92 Å². The Morgan fingerprint density at radius 3 is 1.46 bits per heavy atom. The highest BCUT2D eigenvalue weighted by molar-refractivity contribution is 7.77. The summed E-state index contributed by atoms with van der Waals surface area (Å²) in [5, 5.41) is 12.5. The summed E-state index contributed by atoms with van der Waals surface area (Å²) in [5.41, 5.74) is 0.450. The number of hydrogen-bond acceptors (Lipinski definition) is 0. The molecule has 0 aromatic heterocycles. The number of rotatable bonds is 7. The Morgan fingerprint density at radius 2 is 0.951 bits per heavy atom. The zero-order chi connectivity index (χ0) is 27.6. The molecule has 2 heteroatoms. The van der Waals surface area contributed by atoms with Gasteiger partial charge in [0.05, 0.1) is 0 Å². The van der Waals surface area contributed by atoms with Gasteiger partial charge in [-0.05, 0) is 81.7 Å². The van der Waals surface area contributed by atoms with Crippen molar-refractivity contribution < 1.29 is 0 Å². The van der Waals surface area contributed by atoms with Crippen LogP contribution in [0.25, 0.3) is 21.5 Å². The minimum absolute atomic E-state index is 0.366. The van der Waals surface area contributed by atoms with Crippen molar-refractivity contribution in [1.29, 1.82) is 0 Å². The van der Waals surface area contributed by atoms with Crippen molar-refractivity contribution in [3.63, 3.8) is 0 Å². The van der Waals surface area contributed by atoms with Gasteiger partial charge in [0.1, 0.15) is 0 Å². The van der Waals surface area contributed by atoms with E-state index in [2.05, 4.69) is 171 Å². The van der Waals surface area contributed by atoms with Crippen LogP contribution >= 0.6 is 15.8 Å². The van der Waals surface area contributed by atoms with E-state index in [0.29, 0.717) is 11.6 Å². The second-order valence-corrected chi connectivity index (χ2v) is 15.5. The van der Waals surface area contributed by atoms with Crippen LogP contribution in [0.3, 0.4) is 0 Å². The van der Waals surface area contributed by atoms with Crippen LogP contribution in [-0.4, -0.2) is 5.66 Å². The standard InChI is InChI=1S/C39H32P2/c1-29(40(34-17-4-2-5-18-34)35-19-6-3-7-20-35)38-21-12-22-39(38)41(36-25-23-30-13-8-10-15-32(30)27-36)37-26-24-31-14-9-11-16-33(31)28-37/h2-29,38H,1H3. The summed E-state index contributed by atoms with van der Waals surface area (Å²) >= 11 is 0. The SMILES string of the molecule is CC(C1C=CC=C1P(c1ccc2ccccc2c1)c1ccc2ccccc2c1)P(c1ccccc1)c1ccccc1.